The third-order valence-corrected chi connectivity index (χ3v) is 2.80. The van der Waals surface area contributed by atoms with Crippen molar-refractivity contribution in [1.29, 1.82) is 0 Å². The molecule has 1 aromatic rings. The molecule has 1 rings (SSSR count). The Morgan fingerprint density at radius 2 is 2.25 bits per heavy atom. The van der Waals surface area contributed by atoms with Gasteiger partial charge in [-0.25, -0.2) is 8.78 Å². The van der Waals surface area contributed by atoms with Crippen LogP contribution in [0, 0.1) is 10.5 Å². The van der Waals surface area contributed by atoms with E-state index in [-0.39, 0.29) is 6.54 Å². The van der Waals surface area contributed by atoms with E-state index in [2.05, 4.69) is 5.10 Å². The third-order valence-electron chi connectivity index (χ3n) is 1.47. The Bertz CT molecular complexity index is 285. The molecule has 1 heterocycles. The topological polar surface area (TPSA) is 43.8 Å². The van der Waals surface area contributed by atoms with Gasteiger partial charge in [-0.1, -0.05) is 0 Å². The van der Waals surface area contributed by atoms with Crippen molar-refractivity contribution in [2.45, 2.75) is 19.9 Å². The summed E-state index contributed by atoms with van der Waals surface area (Å²) in [6, 6.07) is 0. The number of nitrogen functional groups attached to an aromatic ring is 1. The summed E-state index contributed by atoms with van der Waals surface area (Å²) in [5, 5.41) is 3.76. The fourth-order valence-electron chi connectivity index (χ4n) is 0.856. The van der Waals surface area contributed by atoms with Gasteiger partial charge in [-0.3, -0.25) is 4.68 Å². The van der Waals surface area contributed by atoms with Crippen molar-refractivity contribution in [2.24, 2.45) is 0 Å². The van der Waals surface area contributed by atoms with Crippen LogP contribution in [0.15, 0.2) is 0 Å². The van der Waals surface area contributed by atoms with Crippen molar-refractivity contribution in [1.82, 2.24) is 9.78 Å². The summed E-state index contributed by atoms with van der Waals surface area (Å²) >= 11 is 1.98. The van der Waals surface area contributed by atoms with Gasteiger partial charge in [-0.05, 0) is 29.5 Å². The van der Waals surface area contributed by atoms with Crippen molar-refractivity contribution >= 4 is 28.4 Å². The molecule has 2 N–H and O–H groups in total. The Kier molecular flexibility index (Phi) is 2.86. The van der Waals surface area contributed by atoms with Crippen LogP contribution < -0.4 is 5.73 Å². The van der Waals surface area contributed by atoms with Gasteiger partial charge in [0, 0.05) is 0 Å². The number of nitrogens with two attached hydrogens (primary N) is 1. The zero-order valence-corrected chi connectivity index (χ0v) is 8.55. The van der Waals surface area contributed by atoms with Gasteiger partial charge in [-0.2, -0.15) is 5.10 Å². The van der Waals surface area contributed by atoms with E-state index in [4.69, 9.17) is 5.73 Å². The molecule has 0 aliphatic rings. The van der Waals surface area contributed by atoms with Crippen molar-refractivity contribution in [2.75, 3.05) is 5.73 Å². The van der Waals surface area contributed by atoms with Crippen LogP contribution in [-0.2, 0) is 6.54 Å². The Labute approximate surface area is 82.1 Å². The number of nitrogens with zero attached hydrogens (tertiary/aromatic N) is 2. The molecule has 0 amide bonds. The fraction of sp³-hybridized carbons (Fsp3) is 0.500. The lowest BCUT2D eigenvalue weighted by molar-refractivity contribution is 0.121. The van der Waals surface area contributed by atoms with Gasteiger partial charge in [0.05, 0.1) is 9.26 Å². The normalized spacial score (nSPS) is 11.1. The second kappa shape index (κ2) is 3.55. The molecule has 0 spiro atoms. The summed E-state index contributed by atoms with van der Waals surface area (Å²) in [6.07, 6.45) is -2.39. The molecule has 0 bridgehead atoms. The number of alkyl halides is 2. The summed E-state index contributed by atoms with van der Waals surface area (Å²) in [5.41, 5.74) is 6.12. The molecule has 68 valence electrons. The first kappa shape index (κ1) is 9.69. The third kappa shape index (κ3) is 1.85. The molecule has 0 aromatic carbocycles. The zero-order chi connectivity index (χ0) is 9.30. The first-order valence-corrected chi connectivity index (χ1v) is 4.36. The Balaban J connectivity index is 2.93. The average Bonchev–Trinajstić information content (AvgIpc) is 2.17. The molecule has 0 saturated carbocycles. The van der Waals surface area contributed by atoms with E-state index in [1.165, 1.54) is 4.68 Å². The maximum Gasteiger partial charge on any atom is 0.257 e. The highest BCUT2D eigenvalue weighted by atomic mass is 127. The van der Waals surface area contributed by atoms with Gasteiger partial charge < -0.3 is 5.73 Å². The van der Waals surface area contributed by atoms with Crippen molar-refractivity contribution in [3.8, 4) is 0 Å². The Hall–Kier alpha value is -0.400. The summed E-state index contributed by atoms with van der Waals surface area (Å²) in [4.78, 5) is 0. The minimum absolute atomic E-state index is 0.314. The second-order valence-electron chi connectivity index (χ2n) is 2.36. The lowest BCUT2D eigenvalue weighted by Gasteiger charge is -2.01. The molecular formula is C6H8F2IN3. The molecule has 1 aromatic heterocycles. The van der Waals surface area contributed by atoms with E-state index < -0.39 is 6.43 Å². The average molecular weight is 287 g/mol. The standard InChI is InChI=1S/C6H8F2IN3/c1-3-5(9)6(10)11-12(3)2-4(7)8/h4H,2H2,1H3,(H2,10,11). The van der Waals surface area contributed by atoms with Crippen LogP contribution in [0.2, 0.25) is 0 Å². The summed E-state index contributed by atoms with van der Waals surface area (Å²) in [5.74, 6) is 0.314. The van der Waals surface area contributed by atoms with Crippen LogP contribution in [-0.4, -0.2) is 16.2 Å². The smallest absolute Gasteiger partial charge is 0.257 e. The lowest BCUT2D eigenvalue weighted by atomic mass is 10.4. The molecule has 3 nitrogen and oxygen atoms in total. The van der Waals surface area contributed by atoms with Crippen LogP contribution in [0.25, 0.3) is 0 Å². The van der Waals surface area contributed by atoms with E-state index in [0.717, 1.165) is 3.57 Å². The van der Waals surface area contributed by atoms with Crippen LogP contribution >= 0.6 is 22.6 Å². The maximum atomic E-state index is 11.9. The first-order chi connectivity index (χ1) is 5.52. The molecule has 0 unspecified atom stereocenters. The Morgan fingerprint density at radius 1 is 1.67 bits per heavy atom. The maximum absolute atomic E-state index is 11.9. The van der Waals surface area contributed by atoms with Crippen molar-refractivity contribution in [3.63, 3.8) is 0 Å². The molecule has 0 radical (unpaired) electrons. The monoisotopic (exact) mass is 287 g/mol. The van der Waals surface area contributed by atoms with E-state index in [1.807, 2.05) is 22.6 Å². The number of hydrogen-bond donors (Lipinski definition) is 1. The van der Waals surface area contributed by atoms with E-state index in [1.54, 1.807) is 6.92 Å². The Morgan fingerprint density at radius 3 is 2.58 bits per heavy atom. The summed E-state index contributed by atoms with van der Waals surface area (Å²) in [6.45, 7) is 1.33. The van der Waals surface area contributed by atoms with Crippen molar-refractivity contribution < 1.29 is 8.78 Å². The molecular weight excluding hydrogens is 279 g/mol. The van der Waals surface area contributed by atoms with Gasteiger partial charge in [-0.15, -0.1) is 0 Å². The minimum Gasteiger partial charge on any atom is -0.381 e. The van der Waals surface area contributed by atoms with Gasteiger partial charge in [0.2, 0.25) is 0 Å². The van der Waals surface area contributed by atoms with E-state index in [9.17, 15) is 8.78 Å². The highest BCUT2D eigenvalue weighted by Crippen LogP contribution is 2.18. The van der Waals surface area contributed by atoms with Gasteiger partial charge in [0.25, 0.3) is 6.43 Å². The predicted octanol–water partition coefficient (Wildman–Crippen LogP) is 1.64. The number of anilines is 1. The fourth-order valence-corrected chi connectivity index (χ4v) is 1.24. The van der Waals surface area contributed by atoms with Crippen LogP contribution in [0.4, 0.5) is 14.6 Å². The number of hydrogen-bond acceptors (Lipinski definition) is 2. The molecule has 6 heteroatoms. The first-order valence-electron chi connectivity index (χ1n) is 3.29. The summed E-state index contributed by atoms with van der Waals surface area (Å²) < 4.78 is 25.8. The molecule has 0 atom stereocenters. The highest BCUT2D eigenvalue weighted by Gasteiger charge is 2.12. The quantitative estimate of drug-likeness (QED) is 0.840. The predicted molar refractivity (Wildman–Crippen MR) is 50.1 cm³/mol. The molecule has 0 aliphatic heterocycles. The highest BCUT2D eigenvalue weighted by molar-refractivity contribution is 14.1. The van der Waals surface area contributed by atoms with Gasteiger partial charge >= 0.3 is 0 Å². The lowest BCUT2D eigenvalue weighted by Crippen LogP contribution is -2.09. The number of aromatic nitrogens is 2. The minimum atomic E-state index is -2.39. The van der Waals surface area contributed by atoms with Crippen LogP contribution in [0.5, 0.6) is 0 Å². The largest absolute Gasteiger partial charge is 0.381 e. The molecule has 12 heavy (non-hydrogen) atoms. The van der Waals surface area contributed by atoms with Crippen molar-refractivity contribution in [3.05, 3.63) is 9.26 Å². The molecule has 0 saturated heterocycles. The van der Waals surface area contributed by atoms with E-state index >= 15 is 0 Å². The molecule has 0 aliphatic carbocycles. The SMILES string of the molecule is Cc1c(I)c(N)nn1CC(F)F. The summed E-state index contributed by atoms with van der Waals surface area (Å²) in [7, 11) is 0. The number of halogens is 3. The van der Waals surface area contributed by atoms with Crippen LogP contribution in [0.3, 0.4) is 0 Å². The van der Waals surface area contributed by atoms with Gasteiger partial charge in [0.1, 0.15) is 6.54 Å². The zero-order valence-electron chi connectivity index (χ0n) is 6.39. The molecule has 0 fully saturated rings. The van der Waals surface area contributed by atoms with Crippen LogP contribution in [0.1, 0.15) is 5.69 Å². The second-order valence-corrected chi connectivity index (χ2v) is 3.44. The van der Waals surface area contributed by atoms with E-state index in [0.29, 0.717) is 11.5 Å². The number of rotatable bonds is 2. The van der Waals surface area contributed by atoms with Gasteiger partial charge in [0.15, 0.2) is 5.82 Å².